The highest BCUT2D eigenvalue weighted by atomic mass is 35.5. The van der Waals surface area contributed by atoms with Crippen LogP contribution in [-0.2, 0) is 4.79 Å². The summed E-state index contributed by atoms with van der Waals surface area (Å²) in [4.78, 5) is 25.0. The van der Waals surface area contributed by atoms with Crippen molar-refractivity contribution in [2.24, 2.45) is 0 Å². The van der Waals surface area contributed by atoms with Crippen molar-refractivity contribution in [3.8, 4) is 5.75 Å². The Hall–Kier alpha value is -2.53. The van der Waals surface area contributed by atoms with E-state index in [1.807, 2.05) is 20.8 Å². The molecule has 0 fully saturated rings. The Balaban J connectivity index is 2.08. The van der Waals surface area contributed by atoms with Gasteiger partial charge in [-0.05, 0) is 63.1 Å². The monoisotopic (exact) mass is 388 g/mol. The molecule has 2 amide bonds. The van der Waals surface area contributed by atoms with E-state index in [4.69, 9.17) is 16.3 Å². The first-order valence-electron chi connectivity index (χ1n) is 8.95. The second-order valence-corrected chi connectivity index (χ2v) is 6.90. The molecule has 0 radical (unpaired) electrons. The summed E-state index contributed by atoms with van der Waals surface area (Å²) in [6.45, 7) is 7.45. The molecule has 0 saturated heterocycles. The number of benzene rings is 2. The molecule has 0 aliphatic rings. The van der Waals surface area contributed by atoms with Crippen LogP contribution in [0.15, 0.2) is 42.5 Å². The number of nitrogens with one attached hydrogen (secondary N) is 2. The van der Waals surface area contributed by atoms with E-state index in [1.165, 1.54) is 0 Å². The standard InChI is InChI=1S/C21H25ClN2O3/c1-5-14(3)23-21(26)17-8-6-7-9-19(17)24-20(25)15(4)27-16-10-11-18(22)13(2)12-16/h6-12,14-15H,5H2,1-4H3,(H,23,26)(H,24,25). The lowest BCUT2D eigenvalue weighted by Crippen LogP contribution is -2.34. The van der Waals surface area contributed by atoms with Gasteiger partial charge in [-0.1, -0.05) is 30.7 Å². The minimum atomic E-state index is -0.740. The summed E-state index contributed by atoms with van der Waals surface area (Å²) in [5, 5.41) is 6.32. The lowest BCUT2D eigenvalue weighted by molar-refractivity contribution is -0.122. The van der Waals surface area contributed by atoms with Crippen molar-refractivity contribution in [1.29, 1.82) is 0 Å². The predicted octanol–water partition coefficient (Wildman–Crippen LogP) is 4.58. The van der Waals surface area contributed by atoms with Crippen molar-refractivity contribution in [2.45, 2.75) is 46.3 Å². The molecule has 144 valence electrons. The number of ether oxygens (including phenoxy) is 1. The molecule has 2 atom stereocenters. The Morgan fingerprint density at radius 2 is 1.85 bits per heavy atom. The number of aryl methyl sites for hydroxylation is 1. The van der Waals surface area contributed by atoms with Crippen molar-refractivity contribution in [1.82, 2.24) is 5.32 Å². The molecule has 2 aromatic rings. The number of hydrogen-bond acceptors (Lipinski definition) is 3. The van der Waals surface area contributed by atoms with E-state index < -0.39 is 6.10 Å². The van der Waals surface area contributed by atoms with Gasteiger partial charge in [-0.2, -0.15) is 0 Å². The topological polar surface area (TPSA) is 67.4 Å². The average Bonchev–Trinajstić information content (AvgIpc) is 2.64. The molecule has 2 aromatic carbocycles. The maximum absolute atomic E-state index is 12.5. The Labute approximate surface area is 165 Å². The smallest absolute Gasteiger partial charge is 0.265 e. The highest BCUT2D eigenvalue weighted by Crippen LogP contribution is 2.22. The van der Waals surface area contributed by atoms with E-state index in [0.717, 1.165) is 12.0 Å². The summed E-state index contributed by atoms with van der Waals surface area (Å²) in [7, 11) is 0. The van der Waals surface area contributed by atoms with Gasteiger partial charge in [-0.25, -0.2) is 0 Å². The lowest BCUT2D eigenvalue weighted by atomic mass is 10.1. The van der Waals surface area contributed by atoms with E-state index in [-0.39, 0.29) is 17.9 Å². The van der Waals surface area contributed by atoms with E-state index in [2.05, 4.69) is 10.6 Å². The summed E-state index contributed by atoms with van der Waals surface area (Å²) >= 11 is 6.01. The highest BCUT2D eigenvalue weighted by Gasteiger charge is 2.19. The zero-order valence-corrected chi connectivity index (χ0v) is 16.8. The summed E-state index contributed by atoms with van der Waals surface area (Å²) in [6, 6.07) is 12.2. The fraction of sp³-hybridized carbons (Fsp3) is 0.333. The molecule has 27 heavy (non-hydrogen) atoms. The largest absolute Gasteiger partial charge is 0.481 e. The van der Waals surface area contributed by atoms with Gasteiger partial charge in [0.2, 0.25) is 0 Å². The van der Waals surface area contributed by atoms with E-state index in [9.17, 15) is 9.59 Å². The van der Waals surface area contributed by atoms with Crippen molar-refractivity contribution < 1.29 is 14.3 Å². The van der Waals surface area contributed by atoms with Crippen molar-refractivity contribution >= 4 is 29.1 Å². The van der Waals surface area contributed by atoms with Crippen LogP contribution in [-0.4, -0.2) is 24.0 Å². The second kappa shape index (κ2) is 9.42. The quantitative estimate of drug-likeness (QED) is 0.729. The molecule has 0 aliphatic heterocycles. The zero-order valence-electron chi connectivity index (χ0n) is 16.0. The van der Waals surface area contributed by atoms with Gasteiger partial charge in [0, 0.05) is 11.1 Å². The Kier molecular flexibility index (Phi) is 7.25. The van der Waals surface area contributed by atoms with Gasteiger partial charge in [0.25, 0.3) is 11.8 Å². The van der Waals surface area contributed by atoms with Gasteiger partial charge >= 0.3 is 0 Å². The third-order valence-corrected chi connectivity index (χ3v) is 4.66. The van der Waals surface area contributed by atoms with Gasteiger partial charge in [0.15, 0.2) is 6.10 Å². The van der Waals surface area contributed by atoms with Crippen LogP contribution in [0.25, 0.3) is 0 Å². The van der Waals surface area contributed by atoms with E-state index >= 15 is 0 Å². The molecule has 0 heterocycles. The number of anilines is 1. The van der Waals surface area contributed by atoms with Crippen molar-refractivity contribution in [3.63, 3.8) is 0 Å². The first kappa shape index (κ1) is 20.8. The molecular weight excluding hydrogens is 364 g/mol. The molecule has 0 bridgehead atoms. The number of amides is 2. The molecule has 0 aromatic heterocycles. The molecule has 0 saturated carbocycles. The highest BCUT2D eigenvalue weighted by molar-refractivity contribution is 6.31. The van der Waals surface area contributed by atoms with Crippen molar-refractivity contribution in [3.05, 3.63) is 58.6 Å². The van der Waals surface area contributed by atoms with Crippen LogP contribution in [0, 0.1) is 6.92 Å². The molecule has 6 heteroatoms. The zero-order chi connectivity index (χ0) is 20.0. The molecule has 5 nitrogen and oxygen atoms in total. The molecule has 2 unspecified atom stereocenters. The maximum atomic E-state index is 12.5. The summed E-state index contributed by atoms with van der Waals surface area (Å²) in [5.41, 5.74) is 1.74. The molecular formula is C21H25ClN2O3. The summed E-state index contributed by atoms with van der Waals surface area (Å²) in [6.07, 6.45) is 0.0855. The number of rotatable bonds is 7. The van der Waals surface area contributed by atoms with Crippen molar-refractivity contribution in [2.75, 3.05) is 5.32 Å². The van der Waals surface area contributed by atoms with Gasteiger partial charge in [-0.3, -0.25) is 9.59 Å². The number of carbonyl (C=O) groups excluding carboxylic acids is 2. The first-order chi connectivity index (χ1) is 12.8. The predicted molar refractivity (Wildman–Crippen MR) is 109 cm³/mol. The minimum absolute atomic E-state index is 0.0525. The molecule has 2 N–H and O–H groups in total. The van der Waals surface area contributed by atoms with Crippen LogP contribution in [0.2, 0.25) is 5.02 Å². The Bertz CT molecular complexity index is 823. The van der Waals surface area contributed by atoms with Crippen LogP contribution < -0.4 is 15.4 Å². The van der Waals surface area contributed by atoms with Crippen LogP contribution in [0.5, 0.6) is 5.75 Å². The minimum Gasteiger partial charge on any atom is -0.481 e. The fourth-order valence-corrected chi connectivity index (χ4v) is 2.49. The second-order valence-electron chi connectivity index (χ2n) is 6.49. The molecule has 2 rings (SSSR count). The number of para-hydroxylation sites is 1. The Morgan fingerprint density at radius 3 is 2.52 bits per heavy atom. The van der Waals surface area contributed by atoms with E-state index in [0.29, 0.717) is 22.0 Å². The maximum Gasteiger partial charge on any atom is 0.265 e. The third kappa shape index (κ3) is 5.73. The molecule has 0 aliphatic carbocycles. The van der Waals surface area contributed by atoms with Gasteiger partial charge in [0.05, 0.1) is 11.3 Å². The van der Waals surface area contributed by atoms with Crippen LogP contribution in [0.3, 0.4) is 0 Å². The Morgan fingerprint density at radius 1 is 1.15 bits per heavy atom. The normalized spacial score (nSPS) is 12.8. The SMILES string of the molecule is CCC(C)NC(=O)c1ccccc1NC(=O)C(C)Oc1ccc(Cl)c(C)c1. The first-order valence-corrected chi connectivity index (χ1v) is 9.33. The number of halogens is 1. The summed E-state index contributed by atoms with van der Waals surface area (Å²) in [5.74, 6) is -0.00381. The van der Waals surface area contributed by atoms with Gasteiger partial charge in [0.1, 0.15) is 5.75 Å². The number of carbonyl (C=O) groups is 2. The van der Waals surface area contributed by atoms with E-state index in [1.54, 1.807) is 49.4 Å². The van der Waals surface area contributed by atoms with Crippen LogP contribution in [0.4, 0.5) is 5.69 Å². The summed E-state index contributed by atoms with van der Waals surface area (Å²) < 4.78 is 5.70. The van der Waals surface area contributed by atoms with Gasteiger partial charge in [-0.15, -0.1) is 0 Å². The van der Waals surface area contributed by atoms with Gasteiger partial charge < -0.3 is 15.4 Å². The fourth-order valence-electron chi connectivity index (χ4n) is 2.38. The van der Waals surface area contributed by atoms with Crippen LogP contribution in [0.1, 0.15) is 43.1 Å². The van der Waals surface area contributed by atoms with Crippen LogP contribution >= 0.6 is 11.6 Å². The third-order valence-electron chi connectivity index (χ3n) is 4.23. The average molecular weight is 389 g/mol. The lowest BCUT2D eigenvalue weighted by Gasteiger charge is -2.18. The number of hydrogen-bond donors (Lipinski definition) is 2. The molecule has 0 spiro atoms.